The van der Waals surface area contributed by atoms with Gasteiger partial charge < -0.3 is 18.6 Å². The minimum Gasteiger partial charge on any atom is -0.467 e. The van der Waals surface area contributed by atoms with E-state index in [9.17, 15) is 14.4 Å². The summed E-state index contributed by atoms with van der Waals surface area (Å²) in [4.78, 5) is 41.8. The summed E-state index contributed by atoms with van der Waals surface area (Å²) >= 11 is 5.21. The first-order valence-corrected chi connectivity index (χ1v) is 11.3. The molecule has 2 fully saturated rings. The summed E-state index contributed by atoms with van der Waals surface area (Å²) in [5.74, 6) is -0.535. The monoisotopic (exact) mass is 478 g/mol. The number of amides is 3. The van der Waals surface area contributed by atoms with Crippen LogP contribution in [0.2, 0.25) is 0 Å². The summed E-state index contributed by atoms with van der Waals surface area (Å²) in [7, 11) is 0. The van der Waals surface area contributed by atoms with Crippen molar-refractivity contribution in [2.45, 2.75) is 13.1 Å². The van der Waals surface area contributed by atoms with Crippen LogP contribution in [0.5, 0.6) is 0 Å². The van der Waals surface area contributed by atoms with Crippen LogP contribution < -0.4 is 5.32 Å². The maximum absolute atomic E-state index is 13.2. The first-order chi connectivity index (χ1) is 16.5. The normalized spacial score (nSPS) is 18.1. The van der Waals surface area contributed by atoms with Crippen LogP contribution in [0.15, 0.2) is 58.8 Å². The van der Waals surface area contributed by atoms with Crippen molar-refractivity contribution in [2.24, 2.45) is 0 Å². The molecule has 0 bridgehead atoms. The Labute approximate surface area is 200 Å². The van der Waals surface area contributed by atoms with E-state index in [1.165, 1.54) is 11.2 Å². The van der Waals surface area contributed by atoms with Gasteiger partial charge in [-0.3, -0.25) is 24.6 Å². The molecule has 2 aliphatic heterocycles. The Balaban J connectivity index is 1.46. The topological polar surface area (TPSA) is 97.0 Å². The second-order valence-corrected chi connectivity index (χ2v) is 8.40. The van der Waals surface area contributed by atoms with Gasteiger partial charge in [-0.15, -0.1) is 0 Å². The van der Waals surface area contributed by atoms with Gasteiger partial charge in [-0.25, -0.2) is 0 Å². The van der Waals surface area contributed by atoms with E-state index in [1.54, 1.807) is 29.3 Å². The number of hydrogen-bond donors (Lipinski definition) is 1. The van der Waals surface area contributed by atoms with Crippen molar-refractivity contribution >= 4 is 52.0 Å². The van der Waals surface area contributed by atoms with Crippen LogP contribution in [0.3, 0.4) is 0 Å². The van der Waals surface area contributed by atoms with Gasteiger partial charge in [0.1, 0.15) is 17.9 Å². The standard InChI is InChI=1S/C24H22N4O5S/c29-21(26-7-10-32-11-8-26)15-27-13-16(18-5-1-2-6-20(18)27)12-19-22(30)25-24(34)28(23(19)31)14-17-4-3-9-33-17/h1-6,9,12-13H,7-8,10-11,14-15H2,(H,25,30,34). The molecule has 0 aliphatic carbocycles. The van der Waals surface area contributed by atoms with Crippen LogP contribution in [0.1, 0.15) is 11.3 Å². The van der Waals surface area contributed by atoms with Gasteiger partial charge in [0.2, 0.25) is 5.91 Å². The average molecular weight is 479 g/mol. The Morgan fingerprint density at radius 2 is 1.91 bits per heavy atom. The summed E-state index contributed by atoms with van der Waals surface area (Å²) in [6.07, 6.45) is 4.85. The Bertz CT molecular complexity index is 1300. The Morgan fingerprint density at radius 1 is 1.12 bits per heavy atom. The SMILES string of the molecule is O=C1NC(=S)N(Cc2ccco2)C(=O)C1=Cc1cn(CC(=O)N2CCOCC2)c2ccccc12. The third-order valence-corrected chi connectivity index (χ3v) is 6.19. The summed E-state index contributed by atoms with van der Waals surface area (Å²) in [5, 5.41) is 3.44. The molecule has 0 radical (unpaired) electrons. The highest BCUT2D eigenvalue weighted by Crippen LogP contribution is 2.25. The number of carbonyl (C=O) groups is 3. The van der Waals surface area contributed by atoms with Gasteiger partial charge in [0, 0.05) is 35.8 Å². The molecule has 174 valence electrons. The number of benzene rings is 1. The van der Waals surface area contributed by atoms with Gasteiger partial charge in [-0.2, -0.15) is 0 Å². The molecule has 0 saturated carbocycles. The zero-order valence-electron chi connectivity index (χ0n) is 18.2. The summed E-state index contributed by atoms with van der Waals surface area (Å²) in [6, 6.07) is 11.0. The van der Waals surface area contributed by atoms with Crippen LogP contribution >= 0.6 is 12.2 Å². The van der Waals surface area contributed by atoms with Gasteiger partial charge in [-0.05, 0) is 36.5 Å². The second-order valence-electron chi connectivity index (χ2n) is 8.01. The molecule has 0 atom stereocenters. The van der Waals surface area contributed by atoms with Crippen molar-refractivity contribution in [3.05, 3.63) is 65.8 Å². The van der Waals surface area contributed by atoms with E-state index in [4.69, 9.17) is 21.4 Å². The third kappa shape index (κ3) is 4.25. The molecule has 10 heteroatoms. The van der Waals surface area contributed by atoms with Crippen LogP contribution in [0.25, 0.3) is 17.0 Å². The second kappa shape index (κ2) is 9.24. The van der Waals surface area contributed by atoms with Gasteiger partial charge in [0.05, 0.1) is 26.0 Å². The molecule has 1 N–H and O–H groups in total. The van der Waals surface area contributed by atoms with Crippen LogP contribution in [-0.4, -0.2) is 63.5 Å². The van der Waals surface area contributed by atoms with Crippen molar-refractivity contribution in [3.63, 3.8) is 0 Å². The number of para-hydroxylation sites is 1. The quantitative estimate of drug-likeness (QED) is 0.342. The molecule has 34 heavy (non-hydrogen) atoms. The van der Waals surface area contributed by atoms with Gasteiger partial charge >= 0.3 is 0 Å². The zero-order valence-corrected chi connectivity index (χ0v) is 19.0. The molecular formula is C24H22N4O5S. The Morgan fingerprint density at radius 3 is 2.68 bits per heavy atom. The van der Waals surface area contributed by atoms with Gasteiger partial charge in [0.25, 0.3) is 11.8 Å². The number of morpholine rings is 1. The molecule has 2 aromatic heterocycles. The molecule has 2 saturated heterocycles. The minimum absolute atomic E-state index is 0.00952. The lowest BCUT2D eigenvalue weighted by Crippen LogP contribution is -2.53. The molecule has 5 rings (SSSR count). The first kappa shape index (κ1) is 22.1. The van der Waals surface area contributed by atoms with Crippen molar-refractivity contribution in [2.75, 3.05) is 26.3 Å². The number of hydrogen-bond acceptors (Lipinski definition) is 6. The van der Waals surface area contributed by atoms with E-state index < -0.39 is 11.8 Å². The van der Waals surface area contributed by atoms with Crippen LogP contribution in [0, 0.1) is 0 Å². The lowest BCUT2D eigenvalue weighted by molar-refractivity contribution is -0.136. The van der Waals surface area contributed by atoms with Gasteiger partial charge in [0.15, 0.2) is 5.11 Å². The van der Waals surface area contributed by atoms with E-state index in [2.05, 4.69) is 5.32 Å². The maximum Gasteiger partial charge on any atom is 0.266 e. The first-order valence-electron chi connectivity index (χ1n) is 10.9. The third-order valence-electron chi connectivity index (χ3n) is 5.87. The fourth-order valence-corrected chi connectivity index (χ4v) is 4.37. The number of carbonyl (C=O) groups excluding carboxylic acids is 3. The van der Waals surface area contributed by atoms with E-state index in [1.807, 2.05) is 28.8 Å². The predicted octanol–water partition coefficient (Wildman–Crippen LogP) is 1.92. The molecule has 9 nitrogen and oxygen atoms in total. The molecule has 3 aromatic rings. The number of fused-ring (bicyclic) bond motifs is 1. The number of nitrogens with one attached hydrogen (secondary N) is 1. The van der Waals surface area contributed by atoms with Crippen molar-refractivity contribution < 1.29 is 23.5 Å². The molecule has 0 unspecified atom stereocenters. The molecule has 2 aliphatic rings. The zero-order chi connectivity index (χ0) is 23.7. The Kier molecular flexibility index (Phi) is 5.99. The number of thiocarbonyl (C=S) groups is 1. The smallest absolute Gasteiger partial charge is 0.266 e. The summed E-state index contributed by atoms with van der Waals surface area (Å²) in [5.41, 5.74) is 1.46. The van der Waals surface area contributed by atoms with Crippen LogP contribution in [0.4, 0.5) is 0 Å². The van der Waals surface area contributed by atoms with Crippen molar-refractivity contribution in [1.29, 1.82) is 0 Å². The maximum atomic E-state index is 13.2. The van der Waals surface area contributed by atoms with E-state index in [-0.39, 0.29) is 29.7 Å². The van der Waals surface area contributed by atoms with Crippen molar-refractivity contribution in [1.82, 2.24) is 19.7 Å². The molecule has 1 aromatic carbocycles. The lowest BCUT2D eigenvalue weighted by atomic mass is 10.1. The molecule has 3 amide bonds. The average Bonchev–Trinajstić information content (AvgIpc) is 3.48. The largest absolute Gasteiger partial charge is 0.467 e. The van der Waals surface area contributed by atoms with Gasteiger partial charge in [-0.1, -0.05) is 18.2 Å². The van der Waals surface area contributed by atoms with E-state index in [0.717, 1.165) is 10.9 Å². The minimum atomic E-state index is -0.563. The van der Waals surface area contributed by atoms with E-state index in [0.29, 0.717) is 37.6 Å². The lowest BCUT2D eigenvalue weighted by Gasteiger charge is -2.28. The predicted molar refractivity (Wildman–Crippen MR) is 127 cm³/mol. The summed E-state index contributed by atoms with van der Waals surface area (Å²) < 4.78 is 12.5. The fraction of sp³-hybridized carbons (Fsp3) is 0.250. The number of furan rings is 1. The Hall–Kier alpha value is -3.76. The number of aromatic nitrogens is 1. The highest BCUT2D eigenvalue weighted by Gasteiger charge is 2.34. The number of ether oxygens (including phenoxy) is 1. The molecular weight excluding hydrogens is 456 g/mol. The van der Waals surface area contributed by atoms with Crippen molar-refractivity contribution in [3.8, 4) is 0 Å². The number of rotatable bonds is 5. The highest BCUT2D eigenvalue weighted by molar-refractivity contribution is 7.80. The molecule has 0 spiro atoms. The fourth-order valence-electron chi connectivity index (χ4n) is 4.13. The van der Waals surface area contributed by atoms with Crippen LogP contribution in [-0.2, 0) is 32.2 Å². The van der Waals surface area contributed by atoms with E-state index >= 15 is 0 Å². The summed E-state index contributed by atoms with van der Waals surface area (Å²) in [6.45, 7) is 2.45. The highest BCUT2D eigenvalue weighted by atomic mass is 32.1. The number of nitrogens with zero attached hydrogens (tertiary/aromatic N) is 3. The molecule has 4 heterocycles.